The molecule has 210 valence electrons. The molecule has 0 spiro atoms. The van der Waals surface area contributed by atoms with E-state index in [-0.39, 0.29) is 49.5 Å². The van der Waals surface area contributed by atoms with Crippen molar-refractivity contribution in [2.45, 2.75) is 87.3 Å². The molecule has 0 amide bonds. The van der Waals surface area contributed by atoms with Crippen LogP contribution in [0, 0.1) is 11.6 Å². The lowest BCUT2D eigenvalue weighted by Gasteiger charge is -2.24. The number of nitrogens with one attached hydrogen (secondary N) is 1. The molecule has 9 nitrogen and oxygen atoms in total. The molecule has 39 heavy (non-hydrogen) atoms. The van der Waals surface area contributed by atoms with Gasteiger partial charge in [0.25, 0.3) is 0 Å². The molecule has 2 aromatic heterocycles. The minimum absolute atomic E-state index is 0.0293. The van der Waals surface area contributed by atoms with Crippen LogP contribution in [0.3, 0.4) is 0 Å². The number of imidazole rings is 1. The molecule has 3 aliphatic rings. The van der Waals surface area contributed by atoms with Crippen molar-refractivity contribution in [3.8, 4) is 0 Å². The summed E-state index contributed by atoms with van der Waals surface area (Å²) < 4.78 is 47.7. The number of fused-ring (bicyclic) bond motifs is 2. The fourth-order valence-electron chi connectivity index (χ4n) is 5.69. The second-order valence-corrected chi connectivity index (χ2v) is 11.9. The lowest BCUT2D eigenvalue weighted by molar-refractivity contribution is -0.170. The highest BCUT2D eigenvalue weighted by molar-refractivity contribution is 7.99. The summed E-state index contributed by atoms with van der Waals surface area (Å²) >= 11 is 1.58. The first kappa shape index (κ1) is 26.8. The van der Waals surface area contributed by atoms with Gasteiger partial charge in [-0.25, -0.2) is 23.7 Å². The van der Waals surface area contributed by atoms with Gasteiger partial charge >= 0.3 is 0 Å². The fraction of sp³-hybridized carbons (Fsp3) is 0.593. The van der Waals surface area contributed by atoms with E-state index in [4.69, 9.17) is 29.2 Å². The van der Waals surface area contributed by atoms with Gasteiger partial charge in [0.05, 0.1) is 31.7 Å². The normalized spacial score (nSPS) is 29.2. The number of aliphatic hydroxyl groups excluding tert-OH is 1. The van der Waals surface area contributed by atoms with Crippen LogP contribution < -0.4 is 5.32 Å². The van der Waals surface area contributed by atoms with Gasteiger partial charge < -0.3 is 29.2 Å². The summed E-state index contributed by atoms with van der Waals surface area (Å²) in [4.78, 5) is 14.4. The average molecular weight is 562 g/mol. The molecule has 0 bridgehead atoms. The molecule has 0 radical (unpaired) electrons. The van der Waals surface area contributed by atoms with E-state index in [1.54, 1.807) is 24.2 Å². The molecule has 2 aliphatic carbocycles. The Morgan fingerprint density at radius 1 is 1.18 bits per heavy atom. The van der Waals surface area contributed by atoms with E-state index in [1.165, 1.54) is 12.1 Å². The maximum Gasteiger partial charge on any atom is 0.191 e. The first-order chi connectivity index (χ1) is 18.8. The number of aromatic nitrogens is 4. The van der Waals surface area contributed by atoms with Crippen LogP contribution in [-0.2, 0) is 14.2 Å². The van der Waals surface area contributed by atoms with Gasteiger partial charge in [-0.1, -0.05) is 24.8 Å². The topological polar surface area (TPSA) is 104 Å². The second kappa shape index (κ2) is 10.5. The van der Waals surface area contributed by atoms with Crippen LogP contribution in [0.1, 0.15) is 57.6 Å². The van der Waals surface area contributed by atoms with Crippen molar-refractivity contribution in [1.82, 2.24) is 19.5 Å². The van der Waals surface area contributed by atoms with Gasteiger partial charge in [-0.2, -0.15) is 0 Å². The highest BCUT2D eigenvalue weighted by atomic mass is 32.2. The van der Waals surface area contributed by atoms with Crippen molar-refractivity contribution < 1.29 is 28.1 Å². The van der Waals surface area contributed by atoms with Crippen molar-refractivity contribution in [3.63, 3.8) is 0 Å². The number of aliphatic hydroxyl groups is 1. The number of nitrogens with zero attached hydrogens (tertiary/aromatic N) is 4. The molecule has 2 N–H and O–H groups in total. The van der Waals surface area contributed by atoms with Gasteiger partial charge in [-0.15, -0.1) is 0 Å². The van der Waals surface area contributed by atoms with E-state index in [2.05, 4.69) is 12.2 Å². The third kappa shape index (κ3) is 5.24. The van der Waals surface area contributed by atoms with E-state index in [0.717, 1.165) is 24.2 Å². The van der Waals surface area contributed by atoms with Crippen LogP contribution in [0.25, 0.3) is 11.2 Å². The highest BCUT2D eigenvalue weighted by Crippen LogP contribution is 2.47. The third-order valence-corrected chi connectivity index (χ3v) is 8.54. The van der Waals surface area contributed by atoms with E-state index < -0.39 is 17.4 Å². The summed E-state index contributed by atoms with van der Waals surface area (Å²) in [5.41, 5.74) is 2.09. The lowest BCUT2D eigenvalue weighted by atomic mass is 10.1. The summed E-state index contributed by atoms with van der Waals surface area (Å²) in [6.07, 6.45) is 3.39. The van der Waals surface area contributed by atoms with Gasteiger partial charge in [-0.05, 0) is 50.8 Å². The summed E-state index contributed by atoms with van der Waals surface area (Å²) in [6, 6.07) is 3.97. The van der Waals surface area contributed by atoms with E-state index >= 15 is 0 Å². The number of rotatable bonds is 10. The molecule has 3 aromatic rings. The smallest absolute Gasteiger partial charge is 0.191 e. The van der Waals surface area contributed by atoms with Gasteiger partial charge in [0.1, 0.15) is 12.2 Å². The first-order valence-electron chi connectivity index (χ1n) is 13.4. The van der Waals surface area contributed by atoms with E-state index in [1.807, 2.05) is 18.4 Å². The molecular weight excluding hydrogens is 528 g/mol. The van der Waals surface area contributed by atoms with Crippen molar-refractivity contribution >= 4 is 28.7 Å². The summed E-state index contributed by atoms with van der Waals surface area (Å²) in [7, 11) is 0. The highest BCUT2D eigenvalue weighted by Gasteiger charge is 2.55. The first-order valence-corrected chi connectivity index (χ1v) is 14.4. The Morgan fingerprint density at radius 3 is 2.77 bits per heavy atom. The van der Waals surface area contributed by atoms with E-state index in [0.29, 0.717) is 28.6 Å². The second-order valence-electron chi connectivity index (χ2n) is 10.8. The largest absolute Gasteiger partial charge is 0.394 e. The van der Waals surface area contributed by atoms with Gasteiger partial charge in [-0.3, -0.25) is 0 Å². The number of benzene rings is 1. The van der Waals surface area contributed by atoms with Crippen molar-refractivity contribution in [2.24, 2.45) is 0 Å². The zero-order valence-electron chi connectivity index (χ0n) is 22.1. The van der Waals surface area contributed by atoms with Crippen LogP contribution in [0.5, 0.6) is 0 Å². The zero-order valence-corrected chi connectivity index (χ0v) is 23.0. The van der Waals surface area contributed by atoms with Gasteiger partial charge in [0, 0.05) is 17.7 Å². The SMILES string of the molecule is CCCSc1nc(N[C@@H]2C[C@H]2c2ccc(F)c(F)c2)c2ncn([C@@H]3C[C@@H](OCCO)[C@H]4OC(C)(C)O[C@H]43)c2n1. The molecule has 3 heterocycles. The number of hydrogen-bond donors (Lipinski definition) is 2. The molecule has 1 saturated heterocycles. The number of anilines is 1. The Hall–Kier alpha value is -2.38. The van der Waals surface area contributed by atoms with Crippen molar-refractivity contribution in [2.75, 3.05) is 24.3 Å². The molecule has 0 unspecified atom stereocenters. The van der Waals surface area contributed by atoms with Crippen molar-refractivity contribution in [3.05, 3.63) is 41.7 Å². The number of halogens is 2. The Bertz CT molecular complexity index is 1360. The Labute approximate surface area is 229 Å². The molecule has 1 aromatic carbocycles. The quantitative estimate of drug-likeness (QED) is 0.275. The number of ether oxygens (including phenoxy) is 3. The summed E-state index contributed by atoms with van der Waals surface area (Å²) in [5.74, 6) is -0.879. The van der Waals surface area contributed by atoms with Crippen LogP contribution in [-0.4, -0.2) is 73.7 Å². The Balaban J connectivity index is 1.31. The predicted molar refractivity (Wildman–Crippen MR) is 142 cm³/mol. The van der Waals surface area contributed by atoms with Crippen LogP contribution >= 0.6 is 11.8 Å². The van der Waals surface area contributed by atoms with Gasteiger partial charge in [0.15, 0.2) is 39.6 Å². The zero-order chi connectivity index (χ0) is 27.3. The number of hydrogen-bond acceptors (Lipinski definition) is 9. The molecule has 12 heteroatoms. The van der Waals surface area contributed by atoms with Crippen molar-refractivity contribution in [1.29, 1.82) is 0 Å². The Kier molecular flexibility index (Phi) is 7.25. The average Bonchev–Trinajstić information content (AvgIpc) is 3.24. The maximum atomic E-state index is 13.8. The molecule has 3 fully saturated rings. The predicted octanol–water partition coefficient (Wildman–Crippen LogP) is 4.42. The molecule has 6 rings (SSSR count). The lowest BCUT2D eigenvalue weighted by Crippen LogP contribution is -2.31. The van der Waals surface area contributed by atoms with Crippen LogP contribution in [0.15, 0.2) is 29.7 Å². The van der Waals surface area contributed by atoms with Gasteiger partial charge in [0.2, 0.25) is 0 Å². The van der Waals surface area contributed by atoms with Crippen LogP contribution in [0.2, 0.25) is 0 Å². The molecule has 1 aliphatic heterocycles. The minimum atomic E-state index is -0.845. The maximum absolute atomic E-state index is 13.8. The fourth-order valence-corrected chi connectivity index (χ4v) is 6.38. The Morgan fingerprint density at radius 2 is 2.00 bits per heavy atom. The molecule has 6 atom stereocenters. The summed E-state index contributed by atoms with van der Waals surface area (Å²) in [6.45, 7) is 6.05. The minimum Gasteiger partial charge on any atom is -0.394 e. The summed E-state index contributed by atoms with van der Waals surface area (Å²) in [5, 5.41) is 13.5. The number of thioether (sulfide) groups is 1. The van der Waals surface area contributed by atoms with E-state index in [9.17, 15) is 13.9 Å². The monoisotopic (exact) mass is 561 g/mol. The molecule has 2 saturated carbocycles. The van der Waals surface area contributed by atoms with Crippen LogP contribution in [0.4, 0.5) is 14.6 Å². The molecular formula is C27H33F2N5O4S. The standard InChI is InChI=1S/C27H33F2N5O4S/c1-4-9-39-26-32-24(31-18-11-15(18)14-5-6-16(28)17(29)10-14)21-25(33-26)34(13-30-21)19-12-20(36-8-7-35)23-22(19)37-27(2,3)38-23/h5-6,10,13,15,18-20,22-23,35H,4,7-9,11-12H2,1-3H3,(H,31,32,33)/t15-,18+,19+,20+,22-,23+/m0/s1. The third-order valence-electron chi connectivity index (χ3n) is 7.48.